The number of hydrogen-bond donors (Lipinski definition) is 0. The highest BCUT2D eigenvalue weighted by Crippen LogP contribution is 2.25. The average molecular weight is 339 g/mol. The average Bonchev–Trinajstić information content (AvgIpc) is 2.67. The van der Waals surface area contributed by atoms with E-state index < -0.39 is 0 Å². The Kier molecular flexibility index (Phi) is 5.39. The van der Waals surface area contributed by atoms with Gasteiger partial charge in [-0.05, 0) is 35.2 Å². The maximum atomic E-state index is 12.8. The van der Waals surface area contributed by atoms with Crippen molar-refractivity contribution in [3.05, 3.63) is 65.2 Å². The Morgan fingerprint density at radius 2 is 1.96 bits per heavy atom. The zero-order valence-corrected chi connectivity index (χ0v) is 15.1. The van der Waals surface area contributed by atoms with E-state index in [9.17, 15) is 4.79 Å². The smallest absolute Gasteiger partial charge is 0.254 e. The van der Waals surface area contributed by atoms with Crippen LogP contribution in [-0.2, 0) is 4.74 Å². The van der Waals surface area contributed by atoms with Crippen molar-refractivity contribution in [3.63, 3.8) is 0 Å². The molecular formula is C21H25NO3. The monoisotopic (exact) mass is 339 g/mol. The summed E-state index contributed by atoms with van der Waals surface area (Å²) in [6, 6.07) is 15.8. The Morgan fingerprint density at radius 3 is 2.64 bits per heavy atom. The van der Waals surface area contributed by atoms with E-state index in [2.05, 4.69) is 38.1 Å². The van der Waals surface area contributed by atoms with Crippen LogP contribution < -0.4 is 4.74 Å². The van der Waals surface area contributed by atoms with Crippen LogP contribution in [0.5, 0.6) is 5.75 Å². The molecule has 0 saturated carbocycles. The quantitative estimate of drug-likeness (QED) is 0.844. The molecule has 1 aliphatic rings. The van der Waals surface area contributed by atoms with Crippen LogP contribution in [0.3, 0.4) is 0 Å². The fraction of sp³-hybridized carbons (Fsp3) is 0.381. The third-order valence-electron chi connectivity index (χ3n) is 4.65. The summed E-state index contributed by atoms with van der Waals surface area (Å²) in [5, 5.41) is 0. The highest BCUT2D eigenvalue weighted by atomic mass is 16.5. The summed E-state index contributed by atoms with van der Waals surface area (Å²) < 4.78 is 11.1. The molecule has 1 unspecified atom stereocenters. The van der Waals surface area contributed by atoms with Gasteiger partial charge in [0.05, 0.1) is 20.3 Å². The molecule has 0 spiro atoms. The zero-order valence-electron chi connectivity index (χ0n) is 15.1. The Bertz CT molecular complexity index is 724. The lowest BCUT2D eigenvalue weighted by atomic mass is 9.99. The molecular weight excluding hydrogens is 314 g/mol. The predicted octanol–water partition coefficient (Wildman–Crippen LogP) is 4.03. The van der Waals surface area contributed by atoms with Gasteiger partial charge in [-0.25, -0.2) is 0 Å². The second kappa shape index (κ2) is 7.70. The highest BCUT2D eigenvalue weighted by Gasteiger charge is 2.26. The molecule has 0 bridgehead atoms. The number of morpholine rings is 1. The predicted molar refractivity (Wildman–Crippen MR) is 98.1 cm³/mol. The van der Waals surface area contributed by atoms with Gasteiger partial charge < -0.3 is 14.4 Å². The zero-order chi connectivity index (χ0) is 17.8. The summed E-state index contributed by atoms with van der Waals surface area (Å²) in [5.74, 6) is 1.22. The normalized spacial score (nSPS) is 17.6. The topological polar surface area (TPSA) is 38.8 Å². The molecule has 1 heterocycles. The molecule has 25 heavy (non-hydrogen) atoms. The van der Waals surface area contributed by atoms with Crippen LogP contribution in [-0.4, -0.2) is 37.6 Å². The lowest BCUT2D eigenvalue weighted by Gasteiger charge is -2.33. The van der Waals surface area contributed by atoms with Gasteiger partial charge in [0.2, 0.25) is 0 Å². The summed E-state index contributed by atoms with van der Waals surface area (Å²) in [6.45, 7) is 6.08. The van der Waals surface area contributed by atoms with Gasteiger partial charge in [-0.1, -0.05) is 44.2 Å². The molecule has 0 N–H and O–H groups in total. The van der Waals surface area contributed by atoms with E-state index in [4.69, 9.17) is 9.47 Å². The van der Waals surface area contributed by atoms with E-state index in [-0.39, 0.29) is 12.0 Å². The van der Waals surface area contributed by atoms with E-state index in [1.165, 1.54) is 5.56 Å². The molecule has 0 aromatic heterocycles. The first-order valence-corrected chi connectivity index (χ1v) is 8.73. The summed E-state index contributed by atoms with van der Waals surface area (Å²) in [6.07, 6.45) is -0.0791. The van der Waals surface area contributed by atoms with Gasteiger partial charge in [-0.2, -0.15) is 0 Å². The molecule has 4 heteroatoms. The SMILES string of the molecule is COc1cccc(C(=O)N2CCOC(c3ccc(C(C)C)cc3)C2)c1. The summed E-state index contributed by atoms with van der Waals surface area (Å²) in [4.78, 5) is 14.7. The Balaban J connectivity index is 1.73. The van der Waals surface area contributed by atoms with Crippen molar-refractivity contribution in [1.82, 2.24) is 4.90 Å². The van der Waals surface area contributed by atoms with E-state index in [1.807, 2.05) is 23.1 Å². The minimum absolute atomic E-state index is 0.0194. The van der Waals surface area contributed by atoms with Crippen LogP contribution >= 0.6 is 0 Å². The summed E-state index contributed by atoms with van der Waals surface area (Å²) in [7, 11) is 1.61. The molecule has 1 fully saturated rings. The van der Waals surface area contributed by atoms with E-state index >= 15 is 0 Å². The Labute approximate surface area is 149 Å². The van der Waals surface area contributed by atoms with Crippen LogP contribution in [0.4, 0.5) is 0 Å². The van der Waals surface area contributed by atoms with E-state index in [1.54, 1.807) is 13.2 Å². The Morgan fingerprint density at radius 1 is 1.20 bits per heavy atom. The van der Waals surface area contributed by atoms with Crippen molar-refractivity contribution in [3.8, 4) is 5.75 Å². The number of nitrogens with zero attached hydrogens (tertiary/aromatic N) is 1. The minimum atomic E-state index is -0.0791. The van der Waals surface area contributed by atoms with Crippen LogP contribution in [0.15, 0.2) is 48.5 Å². The number of methoxy groups -OCH3 is 1. The molecule has 1 atom stereocenters. The maximum absolute atomic E-state index is 12.8. The number of hydrogen-bond acceptors (Lipinski definition) is 3. The minimum Gasteiger partial charge on any atom is -0.497 e. The second-order valence-corrected chi connectivity index (χ2v) is 6.66. The van der Waals surface area contributed by atoms with Crippen molar-refractivity contribution in [2.75, 3.05) is 26.8 Å². The van der Waals surface area contributed by atoms with Crippen LogP contribution in [0, 0.1) is 0 Å². The number of rotatable bonds is 4. The number of carbonyl (C=O) groups excluding carboxylic acids is 1. The van der Waals surface area contributed by atoms with Gasteiger partial charge in [0, 0.05) is 12.1 Å². The van der Waals surface area contributed by atoms with Gasteiger partial charge in [-0.15, -0.1) is 0 Å². The maximum Gasteiger partial charge on any atom is 0.254 e. The largest absolute Gasteiger partial charge is 0.497 e. The van der Waals surface area contributed by atoms with Gasteiger partial charge in [0.15, 0.2) is 0 Å². The van der Waals surface area contributed by atoms with Crippen molar-refractivity contribution in [1.29, 1.82) is 0 Å². The third-order valence-corrected chi connectivity index (χ3v) is 4.65. The van der Waals surface area contributed by atoms with Gasteiger partial charge in [-0.3, -0.25) is 4.79 Å². The second-order valence-electron chi connectivity index (χ2n) is 6.66. The summed E-state index contributed by atoms with van der Waals surface area (Å²) >= 11 is 0. The molecule has 2 aromatic rings. The van der Waals surface area contributed by atoms with E-state index in [0.717, 1.165) is 5.56 Å². The fourth-order valence-electron chi connectivity index (χ4n) is 3.07. The van der Waals surface area contributed by atoms with Gasteiger partial charge in [0.1, 0.15) is 11.9 Å². The third kappa shape index (κ3) is 4.02. The molecule has 2 aromatic carbocycles. The first kappa shape index (κ1) is 17.5. The Hall–Kier alpha value is -2.33. The molecule has 3 rings (SSSR count). The first-order chi connectivity index (χ1) is 12.1. The fourth-order valence-corrected chi connectivity index (χ4v) is 3.07. The summed E-state index contributed by atoms with van der Waals surface area (Å²) in [5.41, 5.74) is 3.08. The molecule has 4 nitrogen and oxygen atoms in total. The van der Waals surface area contributed by atoms with Crippen molar-refractivity contribution < 1.29 is 14.3 Å². The van der Waals surface area contributed by atoms with Gasteiger partial charge in [0.25, 0.3) is 5.91 Å². The van der Waals surface area contributed by atoms with Crippen LogP contribution in [0.2, 0.25) is 0 Å². The molecule has 1 amide bonds. The lowest BCUT2D eigenvalue weighted by Crippen LogP contribution is -2.42. The number of benzene rings is 2. The lowest BCUT2D eigenvalue weighted by molar-refractivity contribution is -0.0228. The first-order valence-electron chi connectivity index (χ1n) is 8.73. The van der Waals surface area contributed by atoms with E-state index in [0.29, 0.717) is 36.9 Å². The standard InChI is InChI=1S/C21H25NO3/c1-15(2)16-7-9-17(10-8-16)20-14-22(11-12-25-20)21(23)18-5-4-6-19(13-18)24-3/h4-10,13,15,20H,11-12,14H2,1-3H3. The number of amides is 1. The van der Waals surface area contributed by atoms with Crippen molar-refractivity contribution in [2.24, 2.45) is 0 Å². The molecule has 0 aliphatic carbocycles. The van der Waals surface area contributed by atoms with Crippen LogP contribution in [0.1, 0.15) is 47.4 Å². The molecule has 0 radical (unpaired) electrons. The molecule has 132 valence electrons. The highest BCUT2D eigenvalue weighted by molar-refractivity contribution is 5.94. The molecule has 1 aliphatic heterocycles. The van der Waals surface area contributed by atoms with Crippen molar-refractivity contribution in [2.45, 2.75) is 25.9 Å². The number of carbonyl (C=O) groups is 1. The van der Waals surface area contributed by atoms with Crippen molar-refractivity contribution >= 4 is 5.91 Å². The number of ether oxygens (including phenoxy) is 2. The molecule has 1 saturated heterocycles. The van der Waals surface area contributed by atoms with Crippen LogP contribution in [0.25, 0.3) is 0 Å². The van der Waals surface area contributed by atoms with Gasteiger partial charge >= 0.3 is 0 Å².